The van der Waals surface area contributed by atoms with Crippen molar-refractivity contribution < 1.29 is 14.3 Å². The molecule has 1 heterocycles. The molecule has 0 spiro atoms. The molecule has 0 radical (unpaired) electrons. The van der Waals surface area contributed by atoms with Gasteiger partial charge in [0.15, 0.2) is 0 Å². The van der Waals surface area contributed by atoms with Crippen molar-refractivity contribution in [3.05, 3.63) is 0 Å². The Morgan fingerprint density at radius 2 is 1.83 bits per heavy atom. The molecule has 7 unspecified atom stereocenters. The maximum absolute atomic E-state index is 13.3. The van der Waals surface area contributed by atoms with E-state index in [1.165, 1.54) is 25.9 Å². The lowest BCUT2D eigenvalue weighted by Crippen LogP contribution is -2.57. The largest absolute Gasteiger partial charge is 0.377 e. The summed E-state index contributed by atoms with van der Waals surface area (Å²) >= 11 is 0. The molecule has 5 rings (SSSR count). The minimum absolute atomic E-state index is 0.127. The Labute approximate surface area is 176 Å². The monoisotopic (exact) mass is 401 g/mol. The quantitative estimate of drug-likeness (QED) is 0.706. The van der Waals surface area contributed by atoms with Crippen LogP contribution in [-0.2, 0) is 14.3 Å². The highest BCUT2D eigenvalue weighted by atomic mass is 16.5. The lowest BCUT2D eigenvalue weighted by Gasteiger charge is -2.59. The lowest BCUT2D eigenvalue weighted by atomic mass is 9.45. The molecule has 1 saturated heterocycles. The van der Waals surface area contributed by atoms with E-state index in [0.29, 0.717) is 29.3 Å². The normalized spacial score (nSPS) is 47.7. The summed E-state index contributed by atoms with van der Waals surface area (Å²) in [6.07, 6.45) is 10.7. The van der Waals surface area contributed by atoms with Crippen molar-refractivity contribution in [2.45, 2.75) is 84.2 Å². The average Bonchev–Trinajstić information content (AvgIpc) is 3.31. The van der Waals surface area contributed by atoms with E-state index in [2.05, 4.69) is 18.7 Å². The first-order chi connectivity index (χ1) is 13.9. The van der Waals surface area contributed by atoms with Crippen molar-refractivity contribution in [2.24, 2.45) is 34.5 Å². The predicted octanol–water partition coefficient (Wildman–Crippen LogP) is 4.26. The maximum Gasteiger partial charge on any atom is 0.139 e. The number of fused-ring (bicyclic) bond motifs is 5. The SMILES string of the molecule is CC12CCC3C(CC(=O)C4CC(OCCN5CCCC5)CCC43C)C1CCC2=O. The van der Waals surface area contributed by atoms with Crippen LogP contribution in [0.5, 0.6) is 0 Å². The Hall–Kier alpha value is -0.740. The summed E-state index contributed by atoms with van der Waals surface area (Å²) in [5, 5.41) is 0. The average molecular weight is 402 g/mol. The second-order valence-corrected chi connectivity index (χ2v) is 11.3. The van der Waals surface area contributed by atoms with Crippen molar-refractivity contribution in [3.63, 3.8) is 0 Å². The summed E-state index contributed by atoms with van der Waals surface area (Å²) in [4.78, 5) is 28.4. The highest BCUT2D eigenvalue weighted by Gasteiger charge is 2.62. The molecule has 0 aromatic carbocycles. The second-order valence-electron chi connectivity index (χ2n) is 11.3. The first kappa shape index (κ1) is 20.2. The molecule has 0 aromatic rings. The zero-order chi connectivity index (χ0) is 20.2. The van der Waals surface area contributed by atoms with Gasteiger partial charge >= 0.3 is 0 Å². The molecule has 5 aliphatic rings. The minimum atomic E-state index is -0.138. The number of nitrogens with zero attached hydrogens (tertiary/aromatic N) is 1. The summed E-state index contributed by atoms with van der Waals surface area (Å²) < 4.78 is 6.28. The van der Waals surface area contributed by atoms with Crippen molar-refractivity contribution in [1.82, 2.24) is 4.90 Å². The van der Waals surface area contributed by atoms with Gasteiger partial charge in [-0.2, -0.15) is 0 Å². The Kier molecular flexibility index (Phi) is 5.18. The van der Waals surface area contributed by atoms with E-state index in [4.69, 9.17) is 4.74 Å². The van der Waals surface area contributed by atoms with Crippen molar-refractivity contribution in [3.8, 4) is 0 Å². The van der Waals surface area contributed by atoms with E-state index in [9.17, 15) is 9.59 Å². The van der Waals surface area contributed by atoms with Gasteiger partial charge in [-0.25, -0.2) is 0 Å². The maximum atomic E-state index is 13.3. The molecule has 0 bridgehead atoms. The molecule has 5 fully saturated rings. The topological polar surface area (TPSA) is 46.6 Å². The van der Waals surface area contributed by atoms with Gasteiger partial charge in [-0.15, -0.1) is 0 Å². The predicted molar refractivity (Wildman–Crippen MR) is 113 cm³/mol. The molecule has 162 valence electrons. The minimum Gasteiger partial charge on any atom is -0.377 e. The van der Waals surface area contributed by atoms with Crippen LogP contribution in [-0.4, -0.2) is 48.8 Å². The van der Waals surface area contributed by atoms with Gasteiger partial charge in [-0.05, 0) is 87.6 Å². The van der Waals surface area contributed by atoms with Crippen molar-refractivity contribution in [2.75, 3.05) is 26.2 Å². The number of carbonyl (C=O) groups excluding carboxylic acids is 2. The third kappa shape index (κ3) is 3.24. The first-order valence-electron chi connectivity index (χ1n) is 12.3. The molecular formula is C25H39NO3. The Morgan fingerprint density at radius 1 is 1.03 bits per heavy atom. The lowest BCUT2D eigenvalue weighted by molar-refractivity contribution is -0.163. The van der Waals surface area contributed by atoms with Gasteiger partial charge < -0.3 is 9.64 Å². The number of ketones is 2. The number of ether oxygens (including phenoxy) is 1. The van der Waals surface area contributed by atoms with E-state index in [1.807, 2.05) is 0 Å². The zero-order valence-corrected chi connectivity index (χ0v) is 18.5. The van der Waals surface area contributed by atoms with Crippen LogP contribution in [0.3, 0.4) is 0 Å². The first-order valence-corrected chi connectivity index (χ1v) is 12.3. The van der Waals surface area contributed by atoms with E-state index in [0.717, 1.165) is 64.5 Å². The van der Waals surface area contributed by atoms with Crippen LogP contribution >= 0.6 is 0 Å². The van der Waals surface area contributed by atoms with Crippen molar-refractivity contribution >= 4 is 11.6 Å². The zero-order valence-electron chi connectivity index (χ0n) is 18.5. The third-order valence-electron chi connectivity index (χ3n) is 10.1. The van der Waals surface area contributed by atoms with E-state index < -0.39 is 0 Å². The van der Waals surface area contributed by atoms with Crippen molar-refractivity contribution in [1.29, 1.82) is 0 Å². The Morgan fingerprint density at radius 3 is 2.62 bits per heavy atom. The Bertz CT molecular complexity index is 671. The van der Waals surface area contributed by atoms with Gasteiger partial charge in [0.05, 0.1) is 12.7 Å². The van der Waals surface area contributed by atoms with Crippen LogP contribution in [0, 0.1) is 34.5 Å². The number of carbonyl (C=O) groups is 2. The van der Waals surface area contributed by atoms with Gasteiger partial charge in [0, 0.05) is 30.7 Å². The summed E-state index contributed by atoms with van der Waals surface area (Å²) in [5.41, 5.74) is -0.0116. The molecule has 1 aliphatic heterocycles. The molecule has 4 nitrogen and oxygen atoms in total. The van der Waals surface area contributed by atoms with Gasteiger partial charge in [-0.1, -0.05) is 13.8 Å². The van der Waals surface area contributed by atoms with E-state index in [1.54, 1.807) is 0 Å². The molecule has 29 heavy (non-hydrogen) atoms. The molecule has 0 amide bonds. The van der Waals surface area contributed by atoms with Crippen LogP contribution in [0.2, 0.25) is 0 Å². The molecule has 4 saturated carbocycles. The fourth-order valence-corrected chi connectivity index (χ4v) is 8.28. The van der Waals surface area contributed by atoms with Crippen LogP contribution in [0.4, 0.5) is 0 Å². The van der Waals surface area contributed by atoms with Gasteiger partial charge in [-0.3, -0.25) is 9.59 Å². The molecule has 4 aliphatic carbocycles. The summed E-state index contributed by atoms with van der Waals surface area (Å²) in [6, 6.07) is 0. The number of likely N-dealkylation sites (tertiary alicyclic amines) is 1. The summed E-state index contributed by atoms with van der Waals surface area (Å²) in [5.74, 6) is 2.64. The number of hydrogen-bond donors (Lipinski definition) is 0. The molecular weight excluding hydrogens is 362 g/mol. The number of rotatable bonds is 4. The van der Waals surface area contributed by atoms with E-state index in [-0.39, 0.29) is 22.9 Å². The van der Waals surface area contributed by atoms with E-state index >= 15 is 0 Å². The summed E-state index contributed by atoms with van der Waals surface area (Å²) in [6.45, 7) is 8.92. The fourth-order valence-electron chi connectivity index (χ4n) is 8.28. The van der Waals surface area contributed by atoms with Crippen LogP contribution < -0.4 is 0 Å². The highest BCUT2D eigenvalue weighted by Crippen LogP contribution is 2.64. The highest BCUT2D eigenvalue weighted by molar-refractivity contribution is 5.88. The summed E-state index contributed by atoms with van der Waals surface area (Å²) in [7, 11) is 0. The molecule has 7 atom stereocenters. The third-order valence-corrected chi connectivity index (χ3v) is 10.1. The standard InChI is InChI=1S/C25H39NO3/c1-24-9-7-17(29-14-13-26-11-3-4-12-26)15-21(24)22(27)16-18-19-5-6-23(28)25(19,2)10-8-20(18)24/h17-21H,3-16H2,1-2H3. The van der Waals surface area contributed by atoms with Gasteiger partial charge in [0.1, 0.15) is 11.6 Å². The second kappa shape index (κ2) is 7.44. The van der Waals surface area contributed by atoms with Gasteiger partial charge in [0.2, 0.25) is 0 Å². The number of Topliss-reactive ketones (excluding diaryl/α,β-unsaturated/α-hetero) is 2. The molecule has 4 heteroatoms. The molecule has 0 aromatic heterocycles. The smallest absolute Gasteiger partial charge is 0.139 e. The van der Waals surface area contributed by atoms with Crippen LogP contribution in [0.25, 0.3) is 0 Å². The molecule has 0 N–H and O–H groups in total. The Balaban J connectivity index is 1.25. The van der Waals surface area contributed by atoms with Crippen LogP contribution in [0.15, 0.2) is 0 Å². The number of hydrogen-bond acceptors (Lipinski definition) is 4. The fraction of sp³-hybridized carbons (Fsp3) is 0.920. The van der Waals surface area contributed by atoms with Gasteiger partial charge in [0.25, 0.3) is 0 Å². The van der Waals surface area contributed by atoms with Crippen LogP contribution in [0.1, 0.15) is 78.1 Å².